The zero-order valence-corrected chi connectivity index (χ0v) is 12.4. The van der Waals surface area contributed by atoms with Crippen LogP contribution in [-0.4, -0.2) is 49.8 Å². The van der Waals surface area contributed by atoms with E-state index in [1.807, 2.05) is 0 Å². The first-order valence-electron chi connectivity index (χ1n) is 6.64. The van der Waals surface area contributed by atoms with Crippen molar-refractivity contribution in [2.75, 3.05) is 20.3 Å². The number of esters is 1. The summed E-state index contributed by atoms with van der Waals surface area (Å²) >= 11 is 0. The Balaban J connectivity index is 2.54. The molecule has 0 fully saturated rings. The standard InChI is InChI=1S/C15H20FNO4/c1-11(16)8-17(10-18)12(2)9-21-14-6-4-13(5-7-14)15(19)20-3/h4-7,10-12H,8-9H2,1-3H3. The van der Waals surface area contributed by atoms with Gasteiger partial charge in [-0.25, -0.2) is 9.18 Å². The van der Waals surface area contributed by atoms with E-state index < -0.39 is 12.1 Å². The molecule has 2 atom stereocenters. The maximum absolute atomic E-state index is 12.9. The molecule has 0 saturated carbocycles. The lowest BCUT2D eigenvalue weighted by molar-refractivity contribution is -0.121. The van der Waals surface area contributed by atoms with Crippen molar-refractivity contribution < 1.29 is 23.5 Å². The number of amides is 1. The monoisotopic (exact) mass is 297 g/mol. The van der Waals surface area contributed by atoms with Crippen LogP contribution in [0.1, 0.15) is 24.2 Å². The summed E-state index contributed by atoms with van der Waals surface area (Å²) in [6.45, 7) is 3.45. The van der Waals surface area contributed by atoms with Gasteiger partial charge in [-0.3, -0.25) is 4.79 Å². The molecule has 0 bridgehead atoms. The van der Waals surface area contributed by atoms with Crippen LogP contribution < -0.4 is 4.74 Å². The highest BCUT2D eigenvalue weighted by molar-refractivity contribution is 5.89. The minimum atomic E-state index is -1.09. The van der Waals surface area contributed by atoms with Crippen LogP contribution in [0.5, 0.6) is 5.75 Å². The first kappa shape index (κ1) is 16.9. The average Bonchev–Trinajstić information content (AvgIpc) is 2.49. The molecule has 0 heterocycles. The molecule has 0 spiro atoms. The smallest absolute Gasteiger partial charge is 0.337 e. The van der Waals surface area contributed by atoms with Gasteiger partial charge in [0, 0.05) is 0 Å². The van der Waals surface area contributed by atoms with Gasteiger partial charge in [-0.05, 0) is 38.1 Å². The highest BCUT2D eigenvalue weighted by Gasteiger charge is 2.15. The maximum Gasteiger partial charge on any atom is 0.337 e. The quantitative estimate of drug-likeness (QED) is 0.544. The van der Waals surface area contributed by atoms with Crippen molar-refractivity contribution in [2.45, 2.75) is 26.1 Å². The number of benzene rings is 1. The van der Waals surface area contributed by atoms with Crippen LogP contribution in [0.2, 0.25) is 0 Å². The molecule has 6 heteroatoms. The number of ether oxygens (including phenoxy) is 2. The zero-order valence-electron chi connectivity index (χ0n) is 12.4. The van der Waals surface area contributed by atoms with Gasteiger partial charge in [0.25, 0.3) is 0 Å². The molecule has 1 rings (SSSR count). The first-order chi connectivity index (χ1) is 9.97. The van der Waals surface area contributed by atoms with Gasteiger partial charge in [-0.15, -0.1) is 0 Å². The second-order valence-electron chi connectivity index (χ2n) is 4.76. The van der Waals surface area contributed by atoms with E-state index in [2.05, 4.69) is 4.74 Å². The number of hydrogen-bond donors (Lipinski definition) is 0. The van der Waals surface area contributed by atoms with Crippen molar-refractivity contribution in [3.8, 4) is 5.75 Å². The number of methoxy groups -OCH3 is 1. The Hall–Kier alpha value is -2.11. The molecule has 2 unspecified atom stereocenters. The molecule has 5 nitrogen and oxygen atoms in total. The predicted molar refractivity (Wildman–Crippen MR) is 76.1 cm³/mol. The van der Waals surface area contributed by atoms with Crippen LogP contribution in [0.3, 0.4) is 0 Å². The molecule has 1 aromatic rings. The summed E-state index contributed by atoms with van der Waals surface area (Å²) < 4.78 is 23.1. The fourth-order valence-corrected chi connectivity index (χ4v) is 1.74. The first-order valence-corrected chi connectivity index (χ1v) is 6.64. The molecule has 1 aromatic carbocycles. The second-order valence-corrected chi connectivity index (χ2v) is 4.76. The summed E-state index contributed by atoms with van der Waals surface area (Å²) in [7, 11) is 1.31. The van der Waals surface area contributed by atoms with E-state index >= 15 is 0 Å². The summed E-state index contributed by atoms with van der Waals surface area (Å²) in [5, 5.41) is 0. The van der Waals surface area contributed by atoms with E-state index in [0.29, 0.717) is 17.7 Å². The second kappa shape index (κ2) is 8.24. The van der Waals surface area contributed by atoms with Crippen molar-refractivity contribution in [2.24, 2.45) is 0 Å². The highest BCUT2D eigenvalue weighted by atomic mass is 19.1. The summed E-state index contributed by atoms with van der Waals surface area (Å²) in [5.74, 6) is 0.146. The topological polar surface area (TPSA) is 55.8 Å². The fraction of sp³-hybridized carbons (Fsp3) is 0.467. The van der Waals surface area contributed by atoms with Gasteiger partial charge in [-0.2, -0.15) is 0 Å². The van der Waals surface area contributed by atoms with E-state index in [1.54, 1.807) is 31.2 Å². The number of alkyl halides is 1. The van der Waals surface area contributed by atoms with Crippen LogP contribution >= 0.6 is 0 Å². The van der Waals surface area contributed by atoms with Gasteiger partial charge >= 0.3 is 5.97 Å². The van der Waals surface area contributed by atoms with E-state index in [-0.39, 0.29) is 19.2 Å². The third-order valence-corrected chi connectivity index (χ3v) is 2.93. The van der Waals surface area contributed by atoms with Crippen molar-refractivity contribution >= 4 is 12.4 Å². The van der Waals surface area contributed by atoms with Gasteiger partial charge in [0.2, 0.25) is 6.41 Å². The number of carbonyl (C=O) groups is 2. The van der Waals surface area contributed by atoms with Crippen molar-refractivity contribution in [3.05, 3.63) is 29.8 Å². The Morgan fingerprint density at radius 2 is 1.95 bits per heavy atom. The number of hydrogen-bond acceptors (Lipinski definition) is 4. The van der Waals surface area contributed by atoms with Gasteiger partial charge in [0.15, 0.2) is 0 Å². The minimum absolute atomic E-state index is 0.0370. The SMILES string of the molecule is COC(=O)c1ccc(OCC(C)N(C=O)CC(C)F)cc1. The Bertz CT molecular complexity index is 461. The molecular formula is C15H20FNO4. The molecule has 0 saturated heterocycles. The van der Waals surface area contributed by atoms with Crippen LogP contribution in [0.4, 0.5) is 4.39 Å². The van der Waals surface area contributed by atoms with E-state index in [9.17, 15) is 14.0 Å². The molecule has 0 aromatic heterocycles. The van der Waals surface area contributed by atoms with Crippen molar-refractivity contribution in [1.82, 2.24) is 4.90 Å². The Morgan fingerprint density at radius 1 is 1.33 bits per heavy atom. The molecule has 21 heavy (non-hydrogen) atoms. The van der Waals surface area contributed by atoms with Gasteiger partial charge in [0.05, 0.1) is 25.3 Å². The van der Waals surface area contributed by atoms with Crippen LogP contribution in [0.25, 0.3) is 0 Å². The van der Waals surface area contributed by atoms with E-state index in [0.717, 1.165) is 0 Å². The Labute approximate surface area is 123 Å². The summed E-state index contributed by atoms with van der Waals surface area (Å²) in [4.78, 5) is 23.5. The van der Waals surface area contributed by atoms with Crippen LogP contribution in [0, 0.1) is 0 Å². The summed E-state index contributed by atoms with van der Waals surface area (Å²) in [6.07, 6.45) is -0.471. The molecule has 0 aliphatic rings. The zero-order chi connectivity index (χ0) is 15.8. The lowest BCUT2D eigenvalue weighted by Crippen LogP contribution is -2.39. The van der Waals surface area contributed by atoms with Crippen LogP contribution in [0.15, 0.2) is 24.3 Å². The number of rotatable bonds is 8. The molecule has 0 aliphatic carbocycles. The minimum Gasteiger partial charge on any atom is -0.491 e. The summed E-state index contributed by atoms with van der Waals surface area (Å²) in [6, 6.07) is 6.21. The van der Waals surface area contributed by atoms with Gasteiger partial charge in [0.1, 0.15) is 18.5 Å². The Kier molecular flexibility index (Phi) is 6.65. The van der Waals surface area contributed by atoms with E-state index in [4.69, 9.17) is 4.74 Å². The normalized spacial score (nSPS) is 13.1. The molecule has 0 N–H and O–H groups in total. The van der Waals surface area contributed by atoms with E-state index in [1.165, 1.54) is 18.9 Å². The molecule has 116 valence electrons. The van der Waals surface area contributed by atoms with Crippen LogP contribution in [-0.2, 0) is 9.53 Å². The highest BCUT2D eigenvalue weighted by Crippen LogP contribution is 2.14. The molecule has 0 radical (unpaired) electrons. The number of halogens is 1. The third-order valence-electron chi connectivity index (χ3n) is 2.93. The molecular weight excluding hydrogens is 277 g/mol. The Morgan fingerprint density at radius 3 is 2.43 bits per heavy atom. The van der Waals surface area contributed by atoms with Crippen molar-refractivity contribution in [3.63, 3.8) is 0 Å². The van der Waals surface area contributed by atoms with Gasteiger partial charge < -0.3 is 14.4 Å². The largest absolute Gasteiger partial charge is 0.491 e. The lowest BCUT2D eigenvalue weighted by Gasteiger charge is -2.25. The molecule has 0 aliphatic heterocycles. The third kappa shape index (κ3) is 5.41. The van der Waals surface area contributed by atoms with Gasteiger partial charge in [-0.1, -0.05) is 0 Å². The predicted octanol–water partition coefficient (Wildman–Crippen LogP) is 2.06. The lowest BCUT2D eigenvalue weighted by atomic mass is 10.2. The molecule has 1 amide bonds. The maximum atomic E-state index is 12.9. The summed E-state index contributed by atoms with van der Waals surface area (Å²) in [5.41, 5.74) is 0.429. The fourth-order valence-electron chi connectivity index (χ4n) is 1.74. The number of carbonyl (C=O) groups excluding carboxylic acids is 2. The average molecular weight is 297 g/mol. The van der Waals surface area contributed by atoms with Crippen molar-refractivity contribution in [1.29, 1.82) is 0 Å². The number of nitrogens with zero attached hydrogens (tertiary/aromatic N) is 1.